The van der Waals surface area contributed by atoms with Crippen molar-refractivity contribution in [1.29, 1.82) is 0 Å². The van der Waals surface area contributed by atoms with Crippen molar-refractivity contribution < 1.29 is 13.6 Å². The van der Waals surface area contributed by atoms with Crippen LogP contribution in [0.15, 0.2) is 91.0 Å². The second-order valence-corrected chi connectivity index (χ2v) is 9.26. The summed E-state index contributed by atoms with van der Waals surface area (Å²) in [4.78, 5) is 0. The zero-order chi connectivity index (χ0) is 20.7. The van der Waals surface area contributed by atoms with Crippen molar-refractivity contribution in [3.63, 3.8) is 0 Å². The highest BCUT2D eigenvalue weighted by Crippen LogP contribution is 2.38. The lowest BCUT2D eigenvalue weighted by molar-refractivity contribution is 0.176. The summed E-state index contributed by atoms with van der Waals surface area (Å²) in [5.74, 6) is 0. The molecule has 0 radical (unpaired) electrons. The summed E-state index contributed by atoms with van der Waals surface area (Å²) in [5.41, 5.74) is 0. The van der Waals surface area contributed by atoms with Crippen LogP contribution in [0.3, 0.4) is 0 Å². The van der Waals surface area contributed by atoms with Crippen LogP contribution in [-0.4, -0.2) is 19.8 Å². The van der Waals surface area contributed by atoms with Crippen LogP contribution in [0.25, 0.3) is 0 Å². The van der Waals surface area contributed by atoms with Gasteiger partial charge in [0, 0.05) is 0 Å². The second kappa shape index (κ2) is 14.4. The first kappa shape index (κ1) is 23.7. The van der Waals surface area contributed by atoms with Crippen molar-refractivity contribution in [3.05, 3.63) is 91.0 Å². The highest BCUT2D eigenvalue weighted by molar-refractivity contribution is 7.79. The van der Waals surface area contributed by atoms with E-state index in [0.29, 0.717) is 19.8 Å². The van der Waals surface area contributed by atoms with E-state index in [1.807, 2.05) is 20.8 Å². The van der Waals surface area contributed by atoms with Gasteiger partial charge in [-0.05, 0) is 44.6 Å². The lowest BCUT2D eigenvalue weighted by Crippen LogP contribution is -2.20. The summed E-state index contributed by atoms with van der Waals surface area (Å²) >= 11 is 0. The van der Waals surface area contributed by atoms with Gasteiger partial charge in [-0.15, -0.1) is 0 Å². The fourth-order valence-corrected chi connectivity index (χ4v) is 5.77. The van der Waals surface area contributed by atoms with Crippen molar-refractivity contribution in [2.75, 3.05) is 19.8 Å². The highest BCUT2D eigenvalue weighted by Gasteiger charge is 2.15. The SMILES string of the molecule is CCOP(OCC)OCC.c1ccc(P(c2ccccc2)c2ccccc2)cc1. The summed E-state index contributed by atoms with van der Waals surface area (Å²) in [6.07, 6.45) is 0. The molecule has 0 amide bonds. The van der Waals surface area contributed by atoms with Crippen molar-refractivity contribution in [1.82, 2.24) is 0 Å². The van der Waals surface area contributed by atoms with Gasteiger partial charge < -0.3 is 13.6 Å². The molecule has 0 bridgehead atoms. The number of hydrogen-bond donors (Lipinski definition) is 0. The molecule has 0 fully saturated rings. The Kier molecular flexibility index (Phi) is 11.8. The van der Waals surface area contributed by atoms with Crippen LogP contribution < -0.4 is 15.9 Å². The van der Waals surface area contributed by atoms with E-state index in [0.717, 1.165) is 0 Å². The van der Waals surface area contributed by atoms with E-state index < -0.39 is 16.5 Å². The summed E-state index contributed by atoms with van der Waals surface area (Å²) in [7, 11) is -1.51. The molecule has 0 aliphatic rings. The van der Waals surface area contributed by atoms with Crippen LogP contribution in [0.5, 0.6) is 0 Å². The van der Waals surface area contributed by atoms with Crippen molar-refractivity contribution in [2.45, 2.75) is 20.8 Å². The quantitative estimate of drug-likeness (QED) is 0.405. The van der Waals surface area contributed by atoms with Crippen LogP contribution in [0.4, 0.5) is 0 Å². The Hall–Kier alpha value is -1.60. The van der Waals surface area contributed by atoms with E-state index >= 15 is 0 Å². The van der Waals surface area contributed by atoms with E-state index in [2.05, 4.69) is 91.0 Å². The van der Waals surface area contributed by atoms with Crippen molar-refractivity contribution in [3.8, 4) is 0 Å². The molecule has 0 saturated carbocycles. The molecule has 0 aliphatic carbocycles. The molecule has 0 heterocycles. The van der Waals surface area contributed by atoms with Crippen molar-refractivity contribution >= 4 is 32.4 Å². The molecular formula is C24H30O3P2. The normalized spacial score (nSPS) is 10.7. The summed E-state index contributed by atoms with van der Waals surface area (Å²) in [6.45, 7) is 7.71. The van der Waals surface area contributed by atoms with Gasteiger partial charge in [0.2, 0.25) is 0 Å². The molecule has 0 N–H and O–H groups in total. The molecule has 3 aromatic carbocycles. The molecule has 0 aromatic heterocycles. The lowest BCUT2D eigenvalue weighted by Gasteiger charge is -2.18. The Morgan fingerprint density at radius 3 is 1.00 bits per heavy atom. The van der Waals surface area contributed by atoms with Gasteiger partial charge >= 0.3 is 8.60 Å². The minimum atomic E-state index is -1.06. The lowest BCUT2D eigenvalue weighted by atomic mass is 10.4. The van der Waals surface area contributed by atoms with Gasteiger partial charge in [0.1, 0.15) is 0 Å². The largest absolute Gasteiger partial charge is 0.332 e. The van der Waals surface area contributed by atoms with E-state index in [4.69, 9.17) is 13.6 Å². The van der Waals surface area contributed by atoms with Gasteiger partial charge in [-0.2, -0.15) is 0 Å². The molecule has 154 valence electrons. The zero-order valence-electron chi connectivity index (χ0n) is 17.4. The van der Waals surface area contributed by atoms with Crippen LogP contribution in [0, 0.1) is 0 Å². The molecule has 3 aromatic rings. The standard InChI is InChI=1S/C18H15P.C6H15O3P/c1-4-10-16(11-5-1)19(17-12-6-2-7-13-17)18-14-8-3-9-15-18;1-4-7-10(8-5-2)9-6-3/h1-15H;4-6H2,1-3H3. The Labute approximate surface area is 177 Å². The van der Waals surface area contributed by atoms with Gasteiger partial charge in [0.15, 0.2) is 0 Å². The van der Waals surface area contributed by atoms with Crippen molar-refractivity contribution in [2.24, 2.45) is 0 Å². The second-order valence-electron chi connectivity index (χ2n) is 5.82. The third kappa shape index (κ3) is 8.34. The van der Waals surface area contributed by atoms with E-state index in [1.165, 1.54) is 15.9 Å². The van der Waals surface area contributed by atoms with Crippen LogP contribution in [0.1, 0.15) is 20.8 Å². The smallest absolute Gasteiger partial charge is 0.313 e. The third-order valence-electron chi connectivity index (χ3n) is 3.75. The molecule has 0 atom stereocenters. The van der Waals surface area contributed by atoms with Gasteiger partial charge in [-0.3, -0.25) is 0 Å². The molecular weight excluding hydrogens is 398 g/mol. The Morgan fingerprint density at radius 2 is 0.759 bits per heavy atom. The maximum absolute atomic E-state index is 5.14. The predicted molar refractivity (Wildman–Crippen MR) is 127 cm³/mol. The number of benzene rings is 3. The average Bonchev–Trinajstić information content (AvgIpc) is 2.77. The van der Waals surface area contributed by atoms with Gasteiger partial charge in [0.25, 0.3) is 0 Å². The topological polar surface area (TPSA) is 27.7 Å². The summed E-state index contributed by atoms with van der Waals surface area (Å²) in [5, 5.41) is 4.19. The molecule has 5 heteroatoms. The fourth-order valence-electron chi connectivity index (χ4n) is 2.61. The highest BCUT2D eigenvalue weighted by atomic mass is 31.2. The van der Waals surface area contributed by atoms with Crippen LogP contribution in [-0.2, 0) is 13.6 Å². The first-order valence-corrected chi connectivity index (χ1v) is 12.4. The Balaban J connectivity index is 0.000000257. The van der Waals surface area contributed by atoms with Gasteiger partial charge in [-0.1, -0.05) is 91.0 Å². The maximum atomic E-state index is 5.14. The van der Waals surface area contributed by atoms with E-state index in [1.54, 1.807) is 0 Å². The molecule has 0 aliphatic heterocycles. The minimum Gasteiger partial charge on any atom is -0.313 e. The summed E-state index contributed by atoms with van der Waals surface area (Å²) in [6, 6.07) is 32.3. The van der Waals surface area contributed by atoms with Gasteiger partial charge in [-0.25, -0.2) is 0 Å². The molecule has 3 nitrogen and oxygen atoms in total. The zero-order valence-corrected chi connectivity index (χ0v) is 19.2. The monoisotopic (exact) mass is 428 g/mol. The Bertz CT molecular complexity index is 662. The van der Waals surface area contributed by atoms with Crippen LogP contribution in [0.2, 0.25) is 0 Å². The molecule has 29 heavy (non-hydrogen) atoms. The fraction of sp³-hybridized carbons (Fsp3) is 0.250. The van der Waals surface area contributed by atoms with Gasteiger partial charge in [0.05, 0.1) is 19.8 Å². The molecule has 0 saturated heterocycles. The van der Waals surface area contributed by atoms with E-state index in [9.17, 15) is 0 Å². The summed E-state index contributed by atoms with van der Waals surface area (Å²) < 4.78 is 15.4. The average molecular weight is 428 g/mol. The number of hydrogen-bond acceptors (Lipinski definition) is 3. The third-order valence-corrected chi connectivity index (χ3v) is 7.60. The van der Waals surface area contributed by atoms with E-state index in [-0.39, 0.29) is 0 Å². The predicted octanol–water partition coefficient (Wildman–Crippen LogP) is 5.77. The molecule has 0 spiro atoms. The molecule has 0 unspecified atom stereocenters. The maximum Gasteiger partial charge on any atom is 0.332 e. The number of rotatable bonds is 9. The first-order chi connectivity index (χ1) is 14.3. The minimum absolute atomic E-state index is 0.446. The Morgan fingerprint density at radius 1 is 0.483 bits per heavy atom. The van der Waals surface area contributed by atoms with Crippen LogP contribution >= 0.6 is 16.5 Å². The molecule has 3 rings (SSSR count). The first-order valence-electron chi connectivity index (χ1n) is 9.94.